The van der Waals surface area contributed by atoms with Crippen molar-refractivity contribution in [2.75, 3.05) is 18.9 Å². The highest BCUT2D eigenvalue weighted by atomic mass is 16.7. The molecule has 7 nitrogen and oxygen atoms in total. The lowest BCUT2D eigenvalue weighted by molar-refractivity contribution is -0.276. The van der Waals surface area contributed by atoms with Crippen molar-refractivity contribution < 1.29 is 19.4 Å². The van der Waals surface area contributed by atoms with Crippen LogP contribution in [0, 0.1) is 5.92 Å². The molecule has 5 rings (SSSR count). The Morgan fingerprint density at radius 1 is 0.951 bits per heavy atom. The summed E-state index contributed by atoms with van der Waals surface area (Å²) in [5, 5.41) is 12.4. The van der Waals surface area contributed by atoms with E-state index < -0.39 is 6.29 Å². The molecule has 1 saturated heterocycles. The number of ether oxygens (including phenoxy) is 2. The molecular formula is C34H37N3O4. The first-order valence-electron chi connectivity index (χ1n) is 14.0. The molecule has 0 saturated carbocycles. The predicted molar refractivity (Wildman–Crippen MR) is 159 cm³/mol. The standard InChI is InChI=1S/C34H37N3O4/c1-23-31(21-37(3)24(2)26-8-5-4-6-9-26)40-34(41-32(23)27-13-11-25(22-38)12-14-27)28-15-17-30(18-16-28)36-33(39)29-10-7-19-35-20-29/h4-20,23-24,31-32,34,38H,21-22H2,1-3H3,(H,36,39)/t23-,24-,31+,32+,34+/m0/s1. The molecule has 0 unspecified atom stereocenters. The molecule has 2 heterocycles. The smallest absolute Gasteiger partial charge is 0.257 e. The topological polar surface area (TPSA) is 83.9 Å². The van der Waals surface area contributed by atoms with Gasteiger partial charge in [0.1, 0.15) is 0 Å². The van der Waals surface area contributed by atoms with Crippen molar-refractivity contribution in [2.45, 2.75) is 45.0 Å². The summed E-state index contributed by atoms with van der Waals surface area (Å²) in [6.45, 7) is 5.10. The van der Waals surface area contributed by atoms with E-state index in [-0.39, 0.29) is 36.7 Å². The highest BCUT2D eigenvalue weighted by molar-refractivity contribution is 6.04. The minimum Gasteiger partial charge on any atom is -0.392 e. The van der Waals surface area contributed by atoms with Crippen LogP contribution in [0.1, 0.15) is 64.9 Å². The van der Waals surface area contributed by atoms with Gasteiger partial charge in [0.05, 0.1) is 24.4 Å². The number of nitrogens with zero attached hydrogens (tertiary/aromatic N) is 2. The Morgan fingerprint density at radius 2 is 1.66 bits per heavy atom. The van der Waals surface area contributed by atoms with Crippen LogP contribution in [0.25, 0.3) is 0 Å². The van der Waals surface area contributed by atoms with Crippen LogP contribution in [-0.2, 0) is 16.1 Å². The number of benzene rings is 3. The van der Waals surface area contributed by atoms with Gasteiger partial charge in [0.15, 0.2) is 6.29 Å². The van der Waals surface area contributed by atoms with Gasteiger partial charge < -0.3 is 19.9 Å². The van der Waals surface area contributed by atoms with Gasteiger partial charge in [-0.2, -0.15) is 0 Å². The van der Waals surface area contributed by atoms with E-state index in [0.717, 1.165) is 23.2 Å². The van der Waals surface area contributed by atoms with Crippen molar-refractivity contribution in [1.82, 2.24) is 9.88 Å². The zero-order valence-corrected chi connectivity index (χ0v) is 23.7. The van der Waals surface area contributed by atoms with E-state index >= 15 is 0 Å². The predicted octanol–water partition coefficient (Wildman–Crippen LogP) is 6.31. The maximum absolute atomic E-state index is 12.6. The molecule has 3 aromatic carbocycles. The molecule has 2 N–H and O–H groups in total. The van der Waals surface area contributed by atoms with Gasteiger partial charge in [-0.25, -0.2) is 0 Å². The number of pyridine rings is 1. The number of aliphatic hydroxyl groups excluding tert-OH is 1. The first-order chi connectivity index (χ1) is 19.9. The summed E-state index contributed by atoms with van der Waals surface area (Å²) < 4.78 is 13.2. The van der Waals surface area contributed by atoms with Gasteiger partial charge in [-0.05, 0) is 54.9 Å². The number of rotatable bonds is 9. The summed E-state index contributed by atoms with van der Waals surface area (Å²) in [6, 6.07) is 29.7. The number of aromatic nitrogens is 1. The fraction of sp³-hybridized carbons (Fsp3) is 0.294. The van der Waals surface area contributed by atoms with E-state index in [2.05, 4.69) is 60.4 Å². The van der Waals surface area contributed by atoms with Crippen LogP contribution in [0.15, 0.2) is 103 Å². The minimum atomic E-state index is -0.581. The lowest BCUT2D eigenvalue weighted by Gasteiger charge is -2.43. The lowest BCUT2D eigenvalue weighted by atomic mass is 9.89. The molecule has 5 atom stereocenters. The summed E-state index contributed by atoms with van der Waals surface area (Å²) >= 11 is 0. The number of nitrogens with one attached hydrogen (secondary N) is 1. The summed E-state index contributed by atoms with van der Waals surface area (Å²) in [6.07, 6.45) is 2.30. The van der Waals surface area contributed by atoms with Crippen LogP contribution in [0.4, 0.5) is 5.69 Å². The number of hydrogen-bond acceptors (Lipinski definition) is 6. The lowest BCUT2D eigenvalue weighted by Crippen LogP contribution is -2.44. The Hall–Kier alpha value is -3.88. The molecule has 0 aliphatic carbocycles. The van der Waals surface area contributed by atoms with Gasteiger partial charge in [-0.1, -0.05) is 73.7 Å². The van der Waals surface area contributed by atoms with Crippen LogP contribution < -0.4 is 5.32 Å². The normalized spacial score (nSPS) is 21.4. The molecule has 0 radical (unpaired) electrons. The van der Waals surface area contributed by atoms with Crippen molar-refractivity contribution in [3.05, 3.63) is 131 Å². The third-order valence-electron chi connectivity index (χ3n) is 7.90. The molecule has 0 spiro atoms. The summed E-state index contributed by atoms with van der Waals surface area (Å²) in [7, 11) is 2.13. The zero-order chi connectivity index (χ0) is 28.8. The van der Waals surface area contributed by atoms with E-state index in [1.54, 1.807) is 18.3 Å². The van der Waals surface area contributed by atoms with Crippen LogP contribution >= 0.6 is 0 Å². The second-order valence-electron chi connectivity index (χ2n) is 10.7. The summed E-state index contributed by atoms with van der Waals surface area (Å²) in [5.74, 6) is -0.137. The Morgan fingerprint density at radius 3 is 2.32 bits per heavy atom. The van der Waals surface area contributed by atoms with Crippen LogP contribution in [0.3, 0.4) is 0 Å². The number of anilines is 1. The summed E-state index contributed by atoms with van der Waals surface area (Å²) in [4.78, 5) is 18.9. The molecule has 1 aliphatic heterocycles. The van der Waals surface area contributed by atoms with Crippen LogP contribution in [-0.4, -0.2) is 40.6 Å². The number of carbonyl (C=O) groups excluding carboxylic acids is 1. The maximum Gasteiger partial charge on any atom is 0.257 e. The van der Waals surface area contributed by atoms with Gasteiger partial charge >= 0.3 is 0 Å². The highest BCUT2D eigenvalue weighted by Gasteiger charge is 2.39. The van der Waals surface area contributed by atoms with Crippen molar-refractivity contribution in [3.63, 3.8) is 0 Å². The maximum atomic E-state index is 12.6. The molecule has 1 aromatic heterocycles. The van der Waals surface area contributed by atoms with E-state index in [0.29, 0.717) is 11.3 Å². The molecule has 212 valence electrons. The number of carbonyl (C=O) groups is 1. The Bertz CT molecular complexity index is 1400. The number of aliphatic hydroxyl groups is 1. The molecule has 41 heavy (non-hydrogen) atoms. The zero-order valence-electron chi connectivity index (χ0n) is 23.7. The first kappa shape index (κ1) is 28.6. The fourth-order valence-corrected chi connectivity index (χ4v) is 5.18. The molecule has 0 bridgehead atoms. The number of likely N-dealkylation sites (N-methyl/N-ethyl adjacent to an activating group) is 1. The fourth-order valence-electron chi connectivity index (χ4n) is 5.18. The van der Waals surface area contributed by atoms with Crippen LogP contribution in [0.5, 0.6) is 0 Å². The summed E-state index contributed by atoms with van der Waals surface area (Å²) in [5.41, 5.74) is 5.21. The van der Waals surface area contributed by atoms with E-state index in [1.165, 1.54) is 11.8 Å². The Balaban J connectivity index is 1.36. The second kappa shape index (κ2) is 13.2. The van der Waals surface area contributed by atoms with E-state index in [1.807, 2.05) is 54.6 Å². The molecule has 1 fully saturated rings. The van der Waals surface area contributed by atoms with Crippen molar-refractivity contribution in [2.24, 2.45) is 5.92 Å². The second-order valence-corrected chi connectivity index (χ2v) is 10.7. The Labute approximate surface area is 241 Å². The van der Waals surface area contributed by atoms with Crippen molar-refractivity contribution in [1.29, 1.82) is 0 Å². The molecular weight excluding hydrogens is 514 g/mol. The first-order valence-corrected chi connectivity index (χ1v) is 14.0. The van der Waals surface area contributed by atoms with Gasteiger partial charge in [0.2, 0.25) is 0 Å². The Kier molecular flexibility index (Phi) is 9.21. The van der Waals surface area contributed by atoms with Gasteiger partial charge in [-0.3, -0.25) is 14.7 Å². The SMILES string of the molecule is C[C@H]1[C@@H](CN(C)[C@@H](C)c2ccccc2)O[C@@H](c2ccc(NC(=O)c3cccnc3)cc2)O[C@H]1c1ccc(CO)cc1. The highest BCUT2D eigenvalue weighted by Crippen LogP contribution is 2.42. The average Bonchev–Trinajstić information content (AvgIpc) is 3.03. The third-order valence-corrected chi connectivity index (χ3v) is 7.90. The molecule has 7 heteroatoms. The minimum absolute atomic E-state index is 0.00155. The average molecular weight is 552 g/mol. The van der Waals surface area contributed by atoms with E-state index in [9.17, 15) is 9.90 Å². The van der Waals surface area contributed by atoms with Crippen LogP contribution in [0.2, 0.25) is 0 Å². The molecule has 4 aromatic rings. The third kappa shape index (κ3) is 6.89. The number of amides is 1. The van der Waals surface area contributed by atoms with Crippen molar-refractivity contribution in [3.8, 4) is 0 Å². The largest absolute Gasteiger partial charge is 0.392 e. The molecule has 1 amide bonds. The van der Waals surface area contributed by atoms with Gasteiger partial charge in [-0.15, -0.1) is 0 Å². The monoisotopic (exact) mass is 551 g/mol. The van der Waals surface area contributed by atoms with E-state index in [4.69, 9.17) is 9.47 Å². The van der Waals surface area contributed by atoms with Crippen molar-refractivity contribution >= 4 is 11.6 Å². The van der Waals surface area contributed by atoms with Gasteiger partial charge in [0, 0.05) is 42.1 Å². The van der Waals surface area contributed by atoms with Gasteiger partial charge in [0.25, 0.3) is 5.91 Å². The quantitative estimate of drug-likeness (QED) is 0.254. The molecule has 1 aliphatic rings. The number of hydrogen-bond donors (Lipinski definition) is 2.